The van der Waals surface area contributed by atoms with Crippen molar-refractivity contribution in [2.75, 3.05) is 26.3 Å². The van der Waals surface area contributed by atoms with E-state index in [1.54, 1.807) is 11.8 Å². The maximum Gasteiger partial charge on any atom is 0.245 e. The summed E-state index contributed by atoms with van der Waals surface area (Å²) >= 11 is 0. The topological polar surface area (TPSA) is 84.7 Å². The first-order valence-corrected chi connectivity index (χ1v) is 7.60. The second-order valence-corrected chi connectivity index (χ2v) is 6.96. The average Bonchev–Trinajstić information content (AvgIpc) is 2.36. The molecule has 2 amide bonds. The minimum atomic E-state index is -0.516. The average molecular weight is 299 g/mol. The second kappa shape index (κ2) is 7.75. The minimum Gasteiger partial charge on any atom is -0.378 e. The van der Waals surface area contributed by atoms with Crippen LogP contribution in [-0.4, -0.2) is 55.1 Å². The number of carbonyl (C=O) groups excluding carboxylic acids is 2. The summed E-state index contributed by atoms with van der Waals surface area (Å²) in [6.45, 7) is 10.3. The Morgan fingerprint density at radius 3 is 2.38 bits per heavy atom. The number of rotatable bonds is 5. The van der Waals surface area contributed by atoms with Gasteiger partial charge in [0.05, 0.1) is 13.2 Å². The lowest BCUT2D eigenvalue weighted by molar-refractivity contribution is -0.139. The molecule has 6 nitrogen and oxygen atoms in total. The fraction of sp³-hybridized carbons (Fsp3) is 0.867. The van der Waals surface area contributed by atoms with Crippen LogP contribution in [0.25, 0.3) is 0 Å². The summed E-state index contributed by atoms with van der Waals surface area (Å²) in [6, 6.07) is -0.701. The maximum absolute atomic E-state index is 12.2. The Morgan fingerprint density at radius 1 is 1.29 bits per heavy atom. The van der Waals surface area contributed by atoms with Crippen LogP contribution < -0.4 is 11.1 Å². The van der Waals surface area contributed by atoms with Gasteiger partial charge in [0, 0.05) is 25.6 Å². The molecule has 0 bridgehead atoms. The van der Waals surface area contributed by atoms with Gasteiger partial charge in [-0.05, 0) is 18.8 Å². The molecule has 6 heteroatoms. The molecular formula is C15H29N3O3. The molecule has 0 saturated carbocycles. The molecule has 1 fully saturated rings. The minimum absolute atomic E-state index is 0.0592. The molecule has 0 aromatic carbocycles. The van der Waals surface area contributed by atoms with E-state index in [0.717, 1.165) is 6.42 Å². The fourth-order valence-electron chi connectivity index (χ4n) is 2.52. The smallest absolute Gasteiger partial charge is 0.245 e. The predicted molar refractivity (Wildman–Crippen MR) is 81.7 cm³/mol. The summed E-state index contributed by atoms with van der Waals surface area (Å²) in [7, 11) is 0. The van der Waals surface area contributed by atoms with Crippen LogP contribution in [0.4, 0.5) is 0 Å². The van der Waals surface area contributed by atoms with Crippen molar-refractivity contribution >= 4 is 11.8 Å². The molecule has 1 aliphatic heterocycles. The van der Waals surface area contributed by atoms with E-state index in [2.05, 4.69) is 26.1 Å². The normalized spacial score (nSPS) is 19.0. The van der Waals surface area contributed by atoms with Crippen LogP contribution in [0.1, 0.15) is 40.5 Å². The van der Waals surface area contributed by atoms with Crippen molar-refractivity contribution in [3.8, 4) is 0 Å². The first-order valence-electron chi connectivity index (χ1n) is 7.60. The van der Waals surface area contributed by atoms with Gasteiger partial charge in [0.25, 0.3) is 0 Å². The highest BCUT2D eigenvalue weighted by molar-refractivity contribution is 5.87. The number of ether oxygens (including phenoxy) is 1. The van der Waals surface area contributed by atoms with Gasteiger partial charge in [0.2, 0.25) is 11.8 Å². The maximum atomic E-state index is 12.2. The largest absolute Gasteiger partial charge is 0.378 e. The standard InChI is InChI=1S/C15H29N3O3/c1-11(14(20)18-5-7-21-8-6-18)17-13(19)9-12(16)10-15(2,3)4/h11-12H,5-10,16H2,1-4H3,(H,17,19). The third-order valence-electron chi connectivity index (χ3n) is 3.39. The lowest BCUT2D eigenvalue weighted by Crippen LogP contribution is -2.51. The second-order valence-electron chi connectivity index (χ2n) is 6.96. The van der Waals surface area contributed by atoms with E-state index in [0.29, 0.717) is 26.3 Å². The van der Waals surface area contributed by atoms with Crippen LogP contribution in [0.2, 0.25) is 0 Å². The molecule has 0 radical (unpaired) electrons. The van der Waals surface area contributed by atoms with Crippen molar-refractivity contribution in [3.63, 3.8) is 0 Å². The van der Waals surface area contributed by atoms with Crippen LogP contribution >= 0.6 is 0 Å². The molecule has 1 saturated heterocycles. The molecule has 1 heterocycles. The van der Waals surface area contributed by atoms with Gasteiger partial charge in [-0.3, -0.25) is 9.59 Å². The van der Waals surface area contributed by atoms with Gasteiger partial charge >= 0.3 is 0 Å². The summed E-state index contributed by atoms with van der Waals surface area (Å²) in [5, 5.41) is 2.74. The van der Waals surface area contributed by atoms with E-state index in [-0.39, 0.29) is 29.7 Å². The molecule has 0 spiro atoms. The molecule has 0 aromatic rings. The number of morpholine rings is 1. The Kier molecular flexibility index (Phi) is 6.61. The number of carbonyl (C=O) groups is 2. The van der Waals surface area contributed by atoms with Crippen molar-refractivity contribution < 1.29 is 14.3 Å². The molecular weight excluding hydrogens is 270 g/mol. The fourth-order valence-corrected chi connectivity index (χ4v) is 2.52. The molecule has 1 aliphatic rings. The molecule has 0 aromatic heterocycles. The highest BCUT2D eigenvalue weighted by Crippen LogP contribution is 2.20. The third-order valence-corrected chi connectivity index (χ3v) is 3.39. The van der Waals surface area contributed by atoms with Crippen molar-refractivity contribution in [2.45, 2.75) is 52.6 Å². The van der Waals surface area contributed by atoms with E-state index in [4.69, 9.17) is 10.5 Å². The SMILES string of the molecule is CC(NC(=O)CC(N)CC(C)(C)C)C(=O)N1CCOCC1. The monoisotopic (exact) mass is 299 g/mol. The molecule has 2 unspecified atom stereocenters. The van der Waals surface area contributed by atoms with Gasteiger partial charge < -0.3 is 20.7 Å². The van der Waals surface area contributed by atoms with Gasteiger partial charge in [0.15, 0.2) is 0 Å². The summed E-state index contributed by atoms with van der Waals surface area (Å²) < 4.78 is 5.21. The lowest BCUT2D eigenvalue weighted by Gasteiger charge is -2.29. The van der Waals surface area contributed by atoms with Gasteiger partial charge in [-0.2, -0.15) is 0 Å². The number of nitrogens with one attached hydrogen (secondary N) is 1. The molecule has 122 valence electrons. The third kappa shape index (κ3) is 6.91. The molecule has 21 heavy (non-hydrogen) atoms. The van der Waals surface area contributed by atoms with Gasteiger partial charge in [-0.15, -0.1) is 0 Å². The lowest BCUT2D eigenvalue weighted by atomic mass is 9.87. The van der Waals surface area contributed by atoms with Crippen molar-refractivity contribution in [2.24, 2.45) is 11.1 Å². The first-order chi connectivity index (χ1) is 9.69. The van der Waals surface area contributed by atoms with Crippen molar-refractivity contribution in [1.82, 2.24) is 10.2 Å². The zero-order chi connectivity index (χ0) is 16.0. The van der Waals surface area contributed by atoms with Crippen LogP contribution in [0.15, 0.2) is 0 Å². The molecule has 0 aliphatic carbocycles. The molecule has 2 atom stereocenters. The zero-order valence-corrected chi connectivity index (χ0v) is 13.6. The quantitative estimate of drug-likeness (QED) is 0.774. The summed E-state index contributed by atoms with van der Waals surface area (Å²) in [5.41, 5.74) is 6.07. The molecule has 1 rings (SSSR count). The highest BCUT2D eigenvalue weighted by Gasteiger charge is 2.25. The number of nitrogens with two attached hydrogens (primary N) is 1. The van der Waals surface area contributed by atoms with E-state index >= 15 is 0 Å². The van der Waals surface area contributed by atoms with Crippen LogP contribution in [0.5, 0.6) is 0 Å². The van der Waals surface area contributed by atoms with Gasteiger partial charge in [-0.25, -0.2) is 0 Å². The number of hydrogen-bond acceptors (Lipinski definition) is 4. The van der Waals surface area contributed by atoms with Gasteiger partial charge in [-0.1, -0.05) is 20.8 Å². The Labute approximate surface area is 127 Å². The number of amides is 2. The first kappa shape index (κ1) is 17.9. The Bertz CT molecular complexity index is 360. The van der Waals surface area contributed by atoms with Crippen molar-refractivity contribution in [1.29, 1.82) is 0 Å². The van der Waals surface area contributed by atoms with Crippen LogP contribution in [0.3, 0.4) is 0 Å². The van der Waals surface area contributed by atoms with Gasteiger partial charge in [0.1, 0.15) is 6.04 Å². The predicted octanol–water partition coefficient (Wildman–Crippen LogP) is 0.504. The number of hydrogen-bond donors (Lipinski definition) is 2. The van der Waals surface area contributed by atoms with E-state index in [9.17, 15) is 9.59 Å². The summed E-state index contributed by atoms with van der Waals surface area (Å²) in [4.78, 5) is 25.8. The van der Waals surface area contributed by atoms with E-state index in [1.807, 2.05) is 0 Å². The Morgan fingerprint density at radius 2 is 1.86 bits per heavy atom. The van der Waals surface area contributed by atoms with E-state index < -0.39 is 6.04 Å². The van der Waals surface area contributed by atoms with Crippen LogP contribution in [-0.2, 0) is 14.3 Å². The zero-order valence-electron chi connectivity index (χ0n) is 13.6. The Hall–Kier alpha value is -1.14. The van der Waals surface area contributed by atoms with Crippen LogP contribution in [0, 0.1) is 5.41 Å². The summed E-state index contributed by atoms with van der Waals surface area (Å²) in [6.07, 6.45) is 1.02. The Balaban J connectivity index is 2.37. The summed E-state index contributed by atoms with van der Waals surface area (Å²) in [5.74, 6) is -0.225. The van der Waals surface area contributed by atoms with E-state index in [1.165, 1.54) is 0 Å². The number of nitrogens with zero attached hydrogens (tertiary/aromatic N) is 1. The highest BCUT2D eigenvalue weighted by atomic mass is 16.5. The van der Waals surface area contributed by atoms with Crippen molar-refractivity contribution in [3.05, 3.63) is 0 Å². The molecule has 3 N–H and O–H groups in total.